The fourth-order valence-electron chi connectivity index (χ4n) is 3.19. The van der Waals surface area contributed by atoms with Gasteiger partial charge < -0.3 is 25.2 Å². The van der Waals surface area contributed by atoms with Gasteiger partial charge in [-0.25, -0.2) is 14.0 Å². The number of rotatable bonds is 2. The lowest BCUT2D eigenvalue weighted by atomic mass is 10.1. The van der Waals surface area contributed by atoms with E-state index in [1.807, 2.05) is 9.80 Å². The first-order valence-electron chi connectivity index (χ1n) is 8.98. The normalized spacial score (nSPS) is 18.5. The van der Waals surface area contributed by atoms with E-state index in [0.29, 0.717) is 63.5 Å². The second kappa shape index (κ2) is 8.35. The molecule has 26 heavy (non-hydrogen) atoms. The maximum atomic E-state index is 13.5. The van der Waals surface area contributed by atoms with E-state index in [1.54, 1.807) is 19.1 Å². The molecule has 1 aromatic carbocycles. The van der Waals surface area contributed by atoms with Crippen LogP contribution in [0, 0.1) is 12.7 Å². The minimum absolute atomic E-state index is 0.000894. The number of anilines is 1. The van der Waals surface area contributed by atoms with Crippen molar-refractivity contribution in [2.75, 3.05) is 44.7 Å². The first-order chi connectivity index (χ1) is 12.5. The van der Waals surface area contributed by atoms with Crippen molar-refractivity contribution in [1.82, 2.24) is 15.1 Å². The molecular formula is C18H25FN4O3. The van der Waals surface area contributed by atoms with Crippen LogP contribution in [0.15, 0.2) is 18.2 Å². The molecule has 0 bridgehead atoms. The number of urea groups is 2. The van der Waals surface area contributed by atoms with E-state index in [4.69, 9.17) is 4.74 Å². The third kappa shape index (κ3) is 4.63. The van der Waals surface area contributed by atoms with Crippen molar-refractivity contribution in [3.8, 4) is 0 Å². The summed E-state index contributed by atoms with van der Waals surface area (Å²) in [5.74, 6) is -0.349. The molecule has 2 aliphatic rings. The molecule has 2 N–H and O–H groups in total. The topological polar surface area (TPSA) is 73.9 Å². The molecule has 0 aliphatic carbocycles. The SMILES string of the molecule is Cc1ccc(NC(=O)NC2CCN(C(=O)N3CCOCC3)CC2)cc1F. The molecule has 2 saturated heterocycles. The summed E-state index contributed by atoms with van der Waals surface area (Å²) in [5, 5.41) is 5.55. The first kappa shape index (κ1) is 18.4. The lowest BCUT2D eigenvalue weighted by Crippen LogP contribution is -2.53. The summed E-state index contributed by atoms with van der Waals surface area (Å²) in [5.41, 5.74) is 0.957. The summed E-state index contributed by atoms with van der Waals surface area (Å²) < 4.78 is 18.8. The Balaban J connectivity index is 1.43. The Hall–Kier alpha value is -2.35. The Bertz CT molecular complexity index is 656. The third-order valence-corrected chi connectivity index (χ3v) is 4.81. The highest BCUT2D eigenvalue weighted by Crippen LogP contribution is 2.15. The largest absolute Gasteiger partial charge is 0.378 e. The fourth-order valence-corrected chi connectivity index (χ4v) is 3.19. The van der Waals surface area contributed by atoms with Crippen LogP contribution in [0.3, 0.4) is 0 Å². The predicted octanol–water partition coefficient (Wildman–Crippen LogP) is 2.17. The van der Waals surface area contributed by atoms with Gasteiger partial charge in [-0.2, -0.15) is 0 Å². The summed E-state index contributed by atoms with van der Waals surface area (Å²) in [6, 6.07) is 4.29. The van der Waals surface area contributed by atoms with Crippen LogP contribution in [-0.4, -0.2) is 67.3 Å². The Labute approximate surface area is 152 Å². The lowest BCUT2D eigenvalue weighted by molar-refractivity contribution is 0.0409. The van der Waals surface area contributed by atoms with Gasteiger partial charge in [-0.15, -0.1) is 0 Å². The van der Waals surface area contributed by atoms with Crippen LogP contribution in [0.1, 0.15) is 18.4 Å². The lowest BCUT2D eigenvalue weighted by Gasteiger charge is -2.37. The average molecular weight is 364 g/mol. The van der Waals surface area contributed by atoms with E-state index in [1.165, 1.54) is 6.07 Å². The minimum Gasteiger partial charge on any atom is -0.378 e. The summed E-state index contributed by atoms with van der Waals surface area (Å²) >= 11 is 0. The van der Waals surface area contributed by atoms with Gasteiger partial charge in [-0.05, 0) is 37.5 Å². The molecule has 2 heterocycles. The zero-order valence-electron chi connectivity index (χ0n) is 15.0. The third-order valence-electron chi connectivity index (χ3n) is 4.81. The van der Waals surface area contributed by atoms with E-state index in [-0.39, 0.29) is 23.9 Å². The first-order valence-corrected chi connectivity index (χ1v) is 8.98. The minimum atomic E-state index is -0.355. The summed E-state index contributed by atoms with van der Waals surface area (Å²) in [6.45, 7) is 5.33. The Morgan fingerprint density at radius 2 is 1.77 bits per heavy atom. The summed E-state index contributed by atoms with van der Waals surface area (Å²) in [4.78, 5) is 28.2. The molecule has 1 aromatic rings. The number of amides is 4. The monoisotopic (exact) mass is 364 g/mol. The van der Waals surface area contributed by atoms with Gasteiger partial charge in [-0.1, -0.05) is 6.07 Å². The molecule has 7 nitrogen and oxygen atoms in total. The molecule has 3 rings (SSSR count). The molecule has 142 valence electrons. The number of likely N-dealkylation sites (tertiary alicyclic amines) is 1. The summed E-state index contributed by atoms with van der Waals surface area (Å²) in [6.07, 6.45) is 1.40. The Morgan fingerprint density at radius 3 is 2.42 bits per heavy atom. The van der Waals surface area contributed by atoms with Gasteiger partial charge in [0.15, 0.2) is 0 Å². The van der Waals surface area contributed by atoms with Crippen LogP contribution in [0.5, 0.6) is 0 Å². The zero-order chi connectivity index (χ0) is 18.5. The van der Waals surface area contributed by atoms with Crippen LogP contribution in [-0.2, 0) is 4.74 Å². The molecule has 0 spiro atoms. The van der Waals surface area contributed by atoms with E-state index in [2.05, 4.69) is 10.6 Å². The number of ether oxygens (including phenoxy) is 1. The molecule has 8 heteroatoms. The van der Waals surface area contributed by atoms with Crippen molar-refractivity contribution >= 4 is 17.7 Å². The van der Waals surface area contributed by atoms with Gasteiger partial charge in [0.2, 0.25) is 0 Å². The number of hydrogen-bond acceptors (Lipinski definition) is 3. The van der Waals surface area contributed by atoms with Crippen LogP contribution in [0.25, 0.3) is 0 Å². The number of aryl methyl sites for hydroxylation is 1. The van der Waals surface area contributed by atoms with Crippen molar-refractivity contribution in [2.45, 2.75) is 25.8 Å². The van der Waals surface area contributed by atoms with Crippen molar-refractivity contribution in [3.63, 3.8) is 0 Å². The van der Waals surface area contributed by atoms with E-state index < -0.39 is 0 Å². The van der Waals surface area contributed by atoms with Gasteiger partial charge in [0.05, 0.1) is 13.2 Å². The van der Waals surface area contributed by atoms with Gasteiger partial charge in [-0.3, -0.25) is 0 Å². The van der Waals surface area contributed by atoms with Crippen LogP contribution in [0.2, 0.25) is 0 Å². The van der Waals surface area contributed by atoms with Gasteiger partial charge >= 0.3 is 12.1 Å². The summed E-state index contributed by atoms with van der Waals surface area (Å²) in [7, 11) is 0. The van der Waals surface area contributed by atoms with E-state index in [0.717, 1.165) is 0 Å². The second-order valence-corrected chi connectivity index (χ2v) is 6.71. The van der Waals surface area contributed by atoms with E-state index >= 15 is 0 Å². The molecule has 0 unspecified atom stereocenters. The number of carbonyl (C=O) groups excluding carboxylic acids is 2. The van der Waals surface area contributed by atoms with Crippen LogP contribution >= 0.6 is 0 Å². The number of nitrogens with zero attached hydrogens (tertiary/aromatic N) is 2. The standard InChI is InChI=1S/C18H25FN4O3/c1-13-2-3-15(12-16(13)19)21-17(24)20-14-4-6-22(7-5-14)18(25)23-8-10-26-11-9-23/h2-3,12,14H,4-11H2,1H3,(H2,20,21,24). The Kier molecular flexibility index (Phi) is 5.92. The molecule has 2 fully saturated rings. The highest BCUT2D eigenvalue weighted by Gasteiger charge is 2.27. The van der Waals surface area contributed by atoms with Crippen molar-refractivity contribution < 1.29 is 18.7 Å². The van der Waals surface area contributed by atoms with Crippen LogP contribution < -0.4 is 10.6 Å². The maximum absolute atomic E-state index is 13.5. The highest BCUT2D eigenvalue weighted by atomic mass is 19.1. The van der Waals surface area contributed by atoms with Crippen molar-refractivity contribution in [2.24, 2.45) is 0 Å². The quantitative estimate of drug-likeness (QED) is 0.845. The fraction of sp³-hybridized carbons (Fsp3) is 0.556. The highest BCUT2D eigenvalue weighted by molar-refractivity contribution is 5.89. The number of piperidine rings is 1. The van der Waals surface area contributed by atoms with Crippen molar-refractivity contribution in [1.29, 1.82) is 0 Å². The van der Waals surface area contributed by atoms with Crippen molar-refractivity contribution in [3.05, 3.63) is 29.6 Å². The zero-order valence-corrected chi connectivity index (χ0v) is 15.0. The number of benzene rings is 1. The molecule has 2 aliphatic heterocycles. The molecule has 0 radical (unpaired) electrons. The number of hydrogen-bond donors (Lipinski definition) is 2. The smallest absolute Gasteiger partial charge is 0.320 e. The number of halogens is 1. The molecule has 0 saturated carbocycles. The molecule has 0 atom stereocenters. The van der Waals surface area contributed by atoms with Gasteiger partial charge in [0.25, 0.3) is 0 Å². The number of carbonyl (C=O) groups is 2. The van der Waals surface area contributed by atoms with Gasteiger partial charge in [0.1, 0.15) is 5.82 Å². The molecular weight excluding hydrogens is 339 g/mol. The van der Waals surface area contributed by atoms with E-state index in [9.17, 15) is 14.0 Å². The Morgan fingerprint density at radius 1 is 1.12 bits per heavy atom. The number of morpholine rings is 1. The second-order valence-electron chi connectivity index (χ2n) is 6.71. The maximum Gasteiger partial charge on any atom is 0.320 e. The average Bonchev–Trinajstić information content (AvgIpc) is 2.65. The van der Waals surface area contributed by atoms with Gasteiger partial charge in [0, 0.05) is 37.9 Å². The predicted molar refractivity (Wildman–Crippen MR) is 95.7 cm³/mol. The molecule has 4 amide bonds. The number of nitrogens with one attached hydrogen (secondary N) is 2. The molecule has 0 aromatic heterocycles. The van der Waals surface area contributed by atoms with Crippen LogP contribution in [0.4, 0.5) is 19.7 Å².